The first-order valence-electron chi connectivity index (χ1n) is 18.9. The SMILES string of the molecule is COc1cccc(-c2cc3ccc2CCc2ccc(cc2NCCNc2cc4ccc2CCc2ccc(cc2-c2cccc(OC)c2)CC4)CC3)c1. The number of hydrogen-bond acceptors (Lipinski definition) is 4. The second kappa shape index (κ2) is 15.4. The molecule has 0 aromatic heterocycles. The molecule has 0 radical (unpaired) electrons. The summed E-state index contributed by atoms with van der Waals surface area (Å²) in [6.45, 7) is 1.70. The number of rotatable bonds is 9. The van der Waals surface area contributed by atoms with Crippen LogP contribution in [0.25, 0.3) is 22.3 Å². The second-order valence-electron chi connectivity index (χ2n) is 14.3. The molecule has 8 bridgehead atoms. The van der Waals surface area contributed by atoms with E-state index in [1.165, 1.54) is 78.1 Å². The Balaban J connectivity index is 0.962. The van der Waals surface area contributed by atoms with Crippen LogP contribution in [0.4, 0.5) is 11.4 Å². The standard InChI is InChI=1S/C48H48N2O2/c1-51-43-7-3-5-41(31-43)45-27-33-9-11-35-15-19-39(23-21-37(45)17-13-33)47(29-35)49-25-26-50-48-30-36-12-10-34-14-18-38(22-24-40(48)20-16-36)46(28-34)42-6-4-8-44(32-42)52-2/h3-8,13-20,27-32,49-50H,9-12,21-26H2,1-2H3. The topological polar surface area (TPSA) is 42.5 Å². The maximum absolute atomic E-state index is 5.57. The first-order chi connectivity index (χ1) is 25.6. The second-order valence-corrected chi connectivity index (χ2v) is 14.3. The molecule has 6 aromatic rings. The van der Waals surface area contributed by atoms with Crippen molar-refractivity contribution < 1.29 is 9.47 Å². The summed E-state index contributed by atoms with van der Waals surface area (Å²) in [6, 6.07) is 45.2. The van der Waals surface area contributed by atoms with Crippen molar-refractivity contribution in [2.45, 2.75) is 51.4 Å². The molecule has 0 aliphatic heterocycles. The third-order valence-electron chi connectivity index (χ3n) is 10.9. The Bertz CT molecular complexity index is 2050. The van der Waals surface area contributed by atoms with E-state index in [0.717, 1.165) is 76.0 Å². The number of hydrogen-bond donors (Lipinski definition) is 2. The smallest absolute Gasteiger partial charge is 0.119 e. The van der Waals surface area contributed by atoms with Crippen molar-refractivity contribution in [3.8, 4) is 33.8 Å². The Morgan fingerprint density at radius 2 is 0.788 bits per heavy atom. The zero-order valence-corrected chi connectivity index (χ0v) is 30.4. The van der Waals surface area contributed by atoms with E-state index in [4.69, 9.17) is 9.47 Å². The summed E-state index contributed by atoms with van der Waals surface area (Å²) in [6.07, 6.45) is 8.00. The molecule has 0 fully saturated rings. The van der Waals surface area contributed by atoms with Gasteiger partial charge in [0.15, 0.2) is 0 Å². The molecule has 2 N–H and O–H groups in total. The Morgan fingerprint density at radius 3 is 1.21 bits per heavy atom. The van der Waals surface area contributed by atoms with Crippen molar-refractivity contribution in [1.82, 2.24) is 0 Å². The number of methoxy groups -OCH3 is 2. The fraction of sp³-hybridized carbons (Fsp3) is 0.250. The number of anilines is 2. The third kappa shape index (κ3) is 7.57. The highest BCUT2D eigenvalue weighted by atomic mass is 16.5. The molecule has 6 aromatic carbocycles. The van der Waals surface area contributed by atoms with Crippen LogP contribution in [0.2, 0.25) is 0 Å². The fourth-order valence-corrected chi connectivity index (χ4v) is 7.95. The molecule has 8 aliphatic rings. The Hall–Kier alpha value is -5.48. The zero-order valence-electron chi connectivity index (χ0n) is 30.4. The number of benzene rings is 6. The van der Waals surface area contributed by atoms with Crippen LogP contribution < -0.4 is 20.1 Å². The molecule has 14 rings (SSSR count). The Kier molecular flexibility index (Phi) is 9.97. The predicted molar refractivity (Wildman–Crippen MR) is 216 cm³/mol. The predicted octanol–water partition coefficient (Wildman–Crippen LogP) is 10.3. The highest BCUT2D eigenvalue weighted by molar-refractivity contribution is 5.71. The van der Waals surface area contributed by atoms with E-state index in [1.807, 2.05) is 12.1 Å². The van der Waals surface area contributed by atoms with Crippen molar-refractivity contribution in [1.29, 1.82) is 0 Å². The van der Waals surface area contributed by atoms with Gasteiger partial charge in [0.2, 0.25) is 0 Å². The van der Waals surface area contributed by atoms with Gasteiger partial charge in [0.05, 0.1) is 14.2 Å². The monoisotopic (exact) mass is 684 g/mol. The molecule has 0 amide bonds. The minimum absolute atomic E-state index is 0.851. The molecule has 0 saturated carbocycles. The van der Waals surface area contributed by atoms with Crippen molar-refractivity contribution in [2.24, 2.45) is 0 Å². The van der Waals surface area contributed by atoms with E-state index in [-0.39, 0.29) is 0 Å². The first-order valence-corrected chi connectivity index (χ1v) is 18.9. The van der Waals surface area contributed by atoms with E-state index in [1.54, 1.807) is 14.2 Å². The molecule has 0 saturated heterocycles. The summed E-state index contributed by atoms with van der Waals surface area (Å²) in [7, 11) is 3.48. The Labute approximate surface area is 308 Å². The maximum atomic E-state index is 5.57. The lowest BCUT2D eigenvalue weighted by atomic mass is 9.90. The number of ether oxygens (including phenoxy) is 2. The van der Waals surface area contributed by atoms with Crippen LogP contribution in [0, 0.1) is 0 Å². The van der Waals surface area contributed by atoms with Crippen molar-refractivity contribution in [3.63, 3.8) is 0 Å². The lowest BCUT2D eigenvalue weighted by Crippen LogP contribution is -2.16. The minimum atomic E-state index is 0.851. The summed E-state index contributed by atoms with van der Waals surface area (Å²) < 4.78 is 11.1. The summed E-state index contributed by atoms with van der Waals surface area (Å²) >= 11 is 0. The largest absolute Gasteiger partial charge is 0.497 e. The van der Waals surface area contributed by atoms with Crippen LogP contribution in [0.3, 0.4) is 0 Å². The van der Waals surface area contributed by atoms with Gasteiger partial charge in [0.25, 0.3) is 0 Å². The fourth-order valence-electron chi connectivity index (χ4n) is 7.95. The maximum Gasteiger partial charge on any atom is 0.119 e. The molecule has 52 heavy (non-hydrogen) atoms. The first kappa shape index (κ1) is 33.7. The summed E-state index contributed by atoms with van der Waals surface area (Å²) in [5, 5.41) is 7.69. The highest BCUT2D eigenvalue weighted by Crippen LogP contribution is 2.33. The summed E-state index contributed by atoms with van der Waals surface area (Å²) in [5.74, 6) is 1.80. The molecular weight excluding hydrogens is 637 g/mol. The van der Waals surface area contributed by atoms with Crippen LogP contribution in [0.5, 0.6) is 11.5 Å². The normalized spacial score (nSPS) is 13.5. The van der Waals surface area contributed by atoms with E-state index in [9.17, 15) is 0 Å². The quantitative estimate of drug-likeness (QED) is 0.149. The molecule has 4 heteroatoms. The van der Waals surface area contributed by atoms with Gasteiger partial charge in [-0.05, 0) is 155 Å². The zero-order chi connectivity index (χ0) is 35.3. The van der Waals surface area contributed by atoms with Gasteiger partial charge in [0.1, 0.15) is 11.5 Å². The van der Waals surface area contributed by atoms with Gasteiger partial charge >= 0.3 is 0 Å². The van der Waals surface area contributed by atoms with Crippen molar-refractivity contribution in [2.75, 3.05) is 37.9 Å². The van der Waals surface area contributed by atoms with Gasteiger partial charge in [-0.15, -0.1) is 0 Å². The average molecular weight is 685 g/mol. The molecule has 4 nitrogen and oxygen atoms in total. The summed E-state index contributed by atoms with van der Waals surface area (Å²) in [5.41, 5.74) is 18.6. The third-order valence-corrected chi connectivity index (χ3v) is 10.9. The molecule has 262 valence electrons. The molecule has 0 unspecified atom stereocenters. The van der Waals surface area contributed by atoms with E-state index in [2.05, 4.69) is 120 Å². The van der Waals surface area contributed by atoms with Gasteiger partial charge in [-0.3, -0.25) is 0 Å². The van der Waals surface area contributed by atoms with Crippen molar-refractivity contribution >= 4 is 11.4 Å². The summed E-state index contributed by atoms with van der Waals surface area (Å²) in [4.78, 5) is 0. The highest BCUT2D eigenvalue weighted by Gasteiger charge is 2.15. The van der Waals surface area contributed by atoms with Crippen LogP contribution in [0.1, 0.15) is 44.5 Å². The van der Waals surface area contributed by atoms with Crippen molar-refractivity contribution in [3.05, 3.63) is 166 Å². The molecule has 0 atom stereocenters. The van der Waals surface area contributed by atoms with Gasteiger partial charge in [-0.1, -0.05) is 84.9 Å². The molecular formula is C48H48N2O2. The van der Waals surface area contributed by atoms with Gasteiger partial charge < -0.3 is 20.1 Å². The number of aryl methyl sites for hydroxylation is 8. The van der Waals surface area contributed by atoms with Gasteiger partial charge in [0, 0.05) is 24.5 Å². The lowest BCUT2D eigenvalue weighted by Gasteiger charge is -2.20. The van der Waals surface area contributed by atoms with Crippen LogP contribution in [0.15, 0.2) is 121 Å². The number of nitrogens with one attached hydrogen (secondary N) is 2. The average Bonchev–Trinajstić information content (AvgIpc) is 3.18. The van der Waals surface area contributed by atoms with Crippen LogP contribution >= 0.6 is 0 Å². The minimum Gasteiger partial charge on any atom is -0.497 e. The molecule has 0 spiro atoms. The molecule has 0 heterocycles. The molecule has 8 aliphatic carbocycles. The van der Waals surface area contributed by atoms with E-state index in [0.29, 0.717) is 0 Å². The van der Waals surface area contributed by atoms with Gasteiger partial charge in [-0.2, -0.15) is 0 Å². The van der Waals surface area contributed by atoms with E-state index < -0.39 is 0 Å². The van der Waals surface area contributed by atoms with Crippen LogP contribution in [-0.2, 0) is 51.4 Å². The van der Waals surface area contributed by atoms with Crippen LogP contribution in [-0.4, -0.2) is 27.3 Å². The Morgan fingerprint density at radius 1 is 0.404 bits per heavy atom. The van der Waals surface area contributed by atoms with E-state index >= 15 is 0 Å². The van der Waals surface area contributed by atoms with Gasteiger partial charge in [-0.25, -0.2) is 0 Å². The lowest BCUT2D eigenvalue weighted by molar-refractivity contribution is 0.415.